The summed E-state index contributed by atoms with van der Waals surface area (Å²) in [6.45, 7) is 2.00. The van der Waals surface area contributed by atoms with Crippen LogP contribution >= 0.6 is 11.6 Å². The van der Waals surface area contributed by atoms with Gasteiger partial charge in [-0.05, 0) is 31.0 Å². The van der Waals surface area contributed by atoms with Crippen molar-refractivity contribution in [3.05, 3.63) is 29.0 Å². The van der Waals surface area contributed by atoms with Crippen LogP contribution in [0.1, 0.15) is 26.2 Å². The van der Waals surface area contributed by atoms with E-state index in [2.05, 4.69) is 0 Å². The Balaban J connectivity index is 2.78. The second-order valence-corrected chi connectivity index (χ2v) is 4.24. The number of amides is 1. The summed E-state index contributed by atoms with van der Waals surface area (Å²) in [5, 5.41) is 0.126. The van der Waals surface area contributed by atoms with Gasteiger partial charge >= 0.3 is 0 Å². The van der Waals surface area contributed by atoms with E-state index in [1.54, 1.807) is 0 Å². The van der Waals surface area contributed by atoms with Crippen LogP contribution in [0.3, 0.4) is 0 Å². The first-order valence-electron chi connectivity index (χ1n) is 5.70. The molecule has 1 rings (SSSR count). The number of carbonyl (C=O) groups is 1. The lowest BCUT2D eigenvalue weighted by Gasteiger charge is -2.18. The largest absolute Gasteiger partial charge is 0.479 e. The molecule has 0 heterocycles. The van der Waals surface area contributed by atoms with Gasteiger partial charge in [-0.1, -0.05) is 24.9 Å². The van der Waals surface area contributed by atoms with Crippen molar-refractivity contribution in [1.29, 1.82) is 0 Å². The van der Waals surface area contributed by atoms with Crippen LogP contribution in [0.4, 0.5) is 4.39 Å². The number of carbonyl (C=O) groups excluding carboxylic acids is 1. The summed E-state index contributed by atoms with van der Waals surface area (Å²) in [6, 6.07) is 3.74. The zero-order valence-electron chi connectivity index (χ0n) is 10.1. The van der Waals surface area contributed by atoms with E-state index in [-0.39, 0.29) is 10.8 Å². The zero-order chi connectivity index (χ0) is 13.5. The number of hydrogen-bond donors (Lipinski definition) is 2. The van der Waals surface area contributed by atoms with E-state index in [1.165, 1.54) is 12.1 Å². The molecule has 6 heteroatoms. The average molecular weight is 275 g/mol. The summed E-state index contributed by atoms with van der Waals surface area (Å²) in [6.07, 6.45) is 1.54. The van der Waals surface area contributed by atoms with Gasteiger partial charge in [0.25, 0.3) is 5.91 Å². The van der Waals surface area contributed by atoms with Crippen molar-refractivity contribution in [2.75, 3.05) is 0 Å². The van der Waals surface area contributed by atoms with Crippen LogP contribution in [0.5, 0.6) is 5.75 Å². The van der Waals surface area contributed by atoms with Crippen LogP contribution in [-0.2, 0) is 4.79 Å². The van der Waals surface area contributed by atoms with Crippen molar-refractivity contribution in [3.8, 4) is 5.75 Å². The zero-order valence-corrected chi connectivity index (χ0v) is 10.8. The fourth-order valence-electron chi connectivity index (χ4n) is 1.45. The Morgan fingerprint density at radius 3 is 2.89 bits per heavy atom. The molecule has 1 amide bonds. The number of hydrogen-bond acceptors (Lipinski definition) is 3. The summed E-state index contributed by atoms with van der Waals surface area (Å²) in [5.74, 6) is 4.47. The third kappa shape index (κ3) is 4.16. The Morgan fingerprint density at radius 2 is 2.33 bits per heavy atom. The second kappa shape index (κ2) is 7.18. The lowest BCUT2D eigenvalue weighted by molar-refractivity contribution is -0.128. The topological polar surface area (TPSA) is 64.3 Å². The maximum Gasteiger partial charge on any atom is 0.274 e. The van der Waals surface area contributed by atoms with Gasteiger partial charge in [-0.15, -0.1) is 0 Å². The Morgan fingerprint density at radius 1 is 1.61 bits per heavy atom. The van der Waals surface area contributed by atoms with Crippen LogP contribution in [-0.4, -0.2) is 12.0 Å². The Hall–Kier alpha value is -1.33. The molecular weight excluding hydrogens is 259 g/mol. The first kappa shape index (κ1) is 14.7. The van der Waals surface area contributed by atoms with E-state index in [4.69, 9.17) is 22.2 Å². The summed E-state index contributed by atoms with van der Waals surface area (Å²) in [5.41, 5.74) is 2.04. The van der Waals surface area contributed by atoms with Gasteiger partial charge in [-0.3, -0.25) is 10.2 Å². The minimum atomic E-state index is -0.724. The van der Waals surface area contributed by atoms with Crippen LogP contribution in [0.2, 0.25) is 5.02 Å². The van der Waals surface area contributed by atoms with Crippen molar-refractivity contribution in [2.45, 2.75) is 32.3 Å². The van der Waals surface area contributed by atoms with Crippen LogP contribution in [0.25, 0.3) is 0 Å². The quantitative estimate of drug-likeness (QED) is 0.476. The highest BCUT2D eigenvalue weighted by atomic mass is 35.5. The summed E-state index contributed by atoms with van der Waals surface area (Å²) in [7, 11) is 0. The van der Waals surface area contributed by atoms with E-state index in [9.17, 15) is 9.18 Å². The molecule has 0 aliphatic rings. The fourth-order valence-corrected chi connectivity index (χ4v) is 1.66. The van der Waals surface area contributed by atoms with E-state index in [0.717, 1.165) is 18.9 Å². The molecule has 1 aromatic carbocycles. The number of halogens is 2. The maximum absolute atomic E-state index is 12.9. The molecule has 0 bridgehead atoms. The van der Waals surface area contributed by atoms with Crippen molar-refractivity contribution in [1.82, 2.24) is 5.43 Å². The highest BCUT2D eigenvalue weighted by Gasteiger charge is 2.20. The summed E-state index contributed by atoms with van der Waals surface area (Å²) in [4.78, 5) is 11.5. The van der Waals surface area contributed by atoms with Crippen LogP contribution in [0.15, 0.2) is 18.2 Å². The molecule has 100 valence electrons. The molecule has 3 N–H and O–H groups in total. The molecule has 1 aromatic rings. The van der Waals surface area contributed by atoms with Crippen molar-refractivity contribution >= 4 is 17.5 Å². The number of benzene rings is 1. The normalized spacial score (nSPS) is 12.0. The minimum absolute atomic E-state index is 0.126. The van der Waals surface area contributed by atoms with Gasteiger partial charge in [0.15, 0.2) is 6.10 Å². The molecule has 0 spiro atoms. The van der Waals surface area contributed by atoms with E-state index < -0.39 is 17.8 Å². The number of nitrogens with one attached hydrogen (secondary N) is 1. The Labute approximate surface area is 110 Å². The predicted molar refractivity (Wildman–Crippen MR) is 67.7 cm³/mol. The molecule has 0 aromatic heterocycles. The van der Waals surface area contributed by atoms with Gasteiger partial charge in [0, 0.05) is 0 Å². The SMILES string of the molecule is CCCCC(Oc1ccc(F)cc1Cl)C(=O)NN. The monoisotopic (exact) mass is 274 g/mol. The molecule has 18 heavy (non-hydrogen) atoms. The van der Waals surface area contributed by atoms with Gasteiger partial charge < -0.3 is 4.74 Å². The first-order chi connectivity index (χ1) is 8.58. The molecule has 4 nitrogen and oxygen atoms in total. The molecule has 0 aliphatic carbocycles. The number of ether oxygens (including phenoxy) is 1. The number of hydrazine groups is 1. The first-order valence-corrected chi connectivity index (χ1v) is 6.08. The summed E-state index contributed by atoms with van der Waals surface area (Å²) < 4.78 is 18.3. The van der Waals surface area contributed by atoms with Crippen molar-refractivity contribution in [2.24, 2.45) is 5.84 Å². The second-order valence-electron chi connectivity index (χ2n) is 3.83. The van der Waals surface area contributed by atoms with Gasteiger partial charge in [0.2, 0.25) is 0 Å². The van der Waals surface area contributed by atoms with Gasteiger partial charge in [-0.25, -0.2) is 10.2 Å². The smallest absolute Gasteiger partial charge is 0.274 e. The number of nitrogens with two attached hydrogens (primary N) is 1. The third-order valence-electron chi connectivity index (χ3n) is 2.42. The van der Waals surface area contributed by atoms with Gasteiger partial charge in [0.05, 0.1) is 5.02 Å². The molecule has 0 fully saturated rings. The van der Waals surface area contributed by atoms with Gasteiger partial charge in [0.1, 0.15) is 11.6 Å². The number of rotatable bonds is 6. The maximum atomic E-state index is 12.9. The van der Waals surface area contributed by atoms with Crippen molar-refractivity contribution in [3.63, 3.8) is 0 Å². The van der Waals surface area contributed by atoms with Crippen molar-refractivity contribution < 1.29 is 13.9 Å². The van der Waals surface area contributed by atoms with E-state index in [0.29, 0.717) is 6.42 Å². The molecule has 0 saturated carbocycles. The van der Waals surface area contributed by atoms with Crippen LogP contribution < -0.4 is 16.0 Å². The molecule has 1 unspecified atom stereocenters. The highest BCUT2D eigenvalue weighted by molar-refractivity contribution is 6.32. The lowest BCUT2D eigenvalue weighted by atomic mass is 10.1. The summed E-state index contributed by atoms with van der Waals surface area (Å²) >= 11 is 5.83. The Bertz CT molecular complexity index is 415. The predicted octanol–water partition coefficient (Wildman–Crippen LogP) is 2.41. The number of unbranched alkanes of at least 4 members (excludes halogenated alkanes) is 1. The van der Waals surface area contributed by atoms with Gasteiger partial charge in [-0.2, -0.15) is 0 Å². The molecule has 0 aliphatic heterocycles. The molecule has 0 saturated heterocycles. The highest BCUT2D eigenvalue weighted by Crippen LogP contribution is 2.26. The molecule has 1 atom stereocenters. The molecular formula is C12H16ClFN2O2. The molecule has 0 radical (unpaired) electrons. The van der Waals surface area contributed by atoms with E-state index in [1.807, 2.05) is 12.3 Å². The third-order valence-corrected chi connectivity index (χ3v) is 2.71. The van der Waals surface area contributed by atoms with Crippen LogP contribution in [0, 0.1) is 5.82 Å². The average Bonchev–Trinajstić information content (AvgIpc) is 2.36. The standard InChI is InChI=1S/C12H16ClFN2O2/c1-2-3-4-11(12(17)16-15)18-10-6-5-8(14)7-9(10)13/h5-7,11H,2-4,15H2,1H3,(H,16,17). The Kier molecular flexibility index (Phi) is 5.88. The lowest BCUT2D eigenvalue weighted by Crippen LogP contribution is -2.42. The van der Waals surface area contributed by atoms with E-state index >= 15 is 0 Å². The fraction of sp³-hybridized carbons (Fsp3) is 0.417. The minimum Gasteiger partial charge on any atom is -0.479 e.